The smallest absolute Gasteiger partial charge is 0.191 e. The summed E-state index contributed by atoms with van der Waals surface area (Å²) in [7, 11) is 3.50. The molecule has 0 aliphatic heterocycles. The van der Waals surface area contributed by atoms with Crippen LogP contribution in [-0.4, -0.2) is 53.0 Å². The molecular weight excluding hydrogens is 393 g/mol. The van der Waals surface area contributed by atoms with Gasteiger partial charge in [0.1, 0.15) is 0 Å². The molecular formula is C16H34IN3O2. The molecule has 1 aliphatic carbocycles. The molecule has 0 unspecified atom stereocenters. The first-order valence-electron chi connectivity index (χ1n) is 8.13. The number of hydrogen-bond acceptors (Lipinski definition) is 3. The molecule has 1 aliphatic rings. The van der Waals surface area contributed by atoms with Crippen LogP contribution in [0.4, 0.5) is 0 Å². The van der Waals surface area contributed by atoms with Gasteiger partial charge in [-0.15, -0.1) is 24.0 Å². The molecule has 2 N–H and O–H groups in total. The normalized spacial score (nSPS) is 16.9. The molecule has 0 spiro atoms. The highest BCUT2D eigenvalue weighted by molar-refractivity contribution is 14.0. The third-order valence-corrected chi connectivity index (χ3v) is 4.08. The largest absolute Gasteiger partial charge is 0.382 e. The number of ether oxygens (including phenoxy) is 2. The van der Waals surface area contributed by atoms with Crippen LogP contribution in [0, 0.1) is 11.3 Å². The predicted molar refractivity (Wildman–Crippen MR) is 103 cm³/mol. The van der Waals surface area contributed by atoms with Gasteiger partial charge in [0.15, 0.2) is 5.96 Å². The Balaban J connectivity index is 0.00000441. The van der Waals surface area contributed by atoms with Gasteiger partial charge in [-0.2, -0.15) is 0 Å². The summed E-state index contributed by atoms with van der Waals surface area (Å²) < 4.78 is 10.4. The molecule has 1 saturated carbocycles. The van der Waals surface area contributed by atoms with Crippen LogP contribution in [-0.2, 0) is 9.47 Å². The number of guanidine groups is 1. The van der Waals surface area contributed by atoms with E-state index in [9.17, 15) is 0 Å². The van der Waals surface area contributed by atoms with E-state index in [1.165, 1.54) is 25.7 Å². The molecule has 0 atom stereocenters. The van der Waals surface area contributed by atoms with Crippen molar-refractivity contribution in [1.29, 1.82) is 0 Å². The third kappa shape index (κ3) is 8.53. The minimum absolute atomic E-state index is 0. The molecule has 22 heavy (non-hydrogen) atoms. The van der Waals surface area contributed by atoms with Crippen molar-refractivity contribution in [2.24, 2.45) is 16.3 Å². The van der Waals surface area contributed by atoms with E-state index in [0.717, 1.165) is 25.0 Å². The van der Waals surface area contributed by atoms with E-state index in [1.807, 2.05) is 7.05 Å². The zero-order valence-corrected chi connectivity index (χ0v) is 16.9. The molecule has 6 heteroatoms. The maximum absolute atomic E-state index is 5.43. The van der Waals surface area contributed by atoms with Gasteiger partial charge in [0.2, 0.25) is 0 Å². The van der Waals surface area contributed by atoms with Crippen LogP contribution in [0.2, 0.25) is 0 Å². The van der Waals surface area contributed by atoms with E-state index in [4.69, 9.17) is 9.47 Å². The average molecular weight is 427 g/mol. The van der Waals surface area contributed by atoms with Gasteiger partial charge < -0.3 is 20.1 Å². The molecule has 5 nitrogen and oxygen atoms in total. The van der Waals surface area contributed by atoms with Crippen LogP contribution in [0.1, 0.15) is 39.5 Å². The summed E-state index contributed by atoms with van der Waals surface area (Å²) in [5, 5.41) is 6.77. The second-order valence-corrected chi connectivity index (χ2v) is 6.41. The van der Waals surface area contributed by atoms with Gasteiger partial charge in [-0.1, -0.05) is 20.3 Å². The fourth-order valence-electron chi connectivity index (χ4n) is 2.97. The lowest BCUT2D eigenvalue weighted by Gasteiger charge is -2.43. The minimum atomic E-state index is 0. The molecule has 0 amide bonds. The highest BCUT2D eigenvalue weighted by Gasteiger charge is 2.37. The summed E-state index contributed by atoms with van der Waals surface area (Å²) in [6.07, 6.45) is 5.36. The lowest BCUT2D eigenvalue weighted by Crippen LogP contribution is -2.47. The van der Waals surface area contributed by atoms with Crippen LogP contribution in [0.5, 0.6) is 0 Å². The van der Waals surface area contributed by atoms with Crippen molar-refractivity contribution in [2.45, 2.75) is 39.5 Å². The lowest BCUT2D eigenvalue weighted by atomic mass is 9.64. The van der Waals surface area contributed by atoms with Gasteiger partial charge >= 0.3 is 0 Å². The monoisotopic (exact) mass is 427 g/mol. The summed E-state index contributed by atoms with van der Waals surface area (Å²) in [6.45, 7) is 8.36. The first-order valence-corrected chi connectivity index (χ1v) is 8.13. The van der Waals surface area contributed by atoms with Crippen LogP contribution < -0.4 is 10.6 Å². The van der Waals surface area contributed by atoms with Crippen molar-refractivity contribution < 1.29 is 9.47 Å². The standard InChI is InChI=1S/C16H33N3O2.HI/c1-14(2)12-16(6-5-7-16)13-19-15(17-3)18-8-9-21-11-10-20-4;/h14H,5-13H2,1-4H3,(H2,17,18,19);1H. The van der Waals surface area contributed by atoms with Crippen LogP contribution in [0.3, 0.4) is 0 Å². The van der Waals surface area contributed by atoms with E-state index in [-0.39, 0.29) is 24.0 Å². The molecule has 0 aromatic rings. The number of aliphatic imine (C=N–C) groups is 1. The predicted octanol–water partition coefficient (Wildman–Crippen LogP) is 2.65. The molecule has 0 aromatic heterocycles. The van der Waals surface area contributed by atoms with Crippen LogP contribution >= 0.6 is 24.0 Å². The van der Waals surface area contributed by atoms with E-state index < -0.39 is 0 Å². The molecule has 132 valence electrons. The summed E-state index contributed by atoms with van der Waals surface area (Å²) in [4.78, 5) is 4.28. The fourth-order valence-corrected chi connectivity index (χ4v) is 2.97. The number of methoxy groups -OCH3 is 1. The Labute approximate surface area is 153 Å². The van der Waals surface area contributed by atoms with Crippen LogP contribution in [0.25, 0.3) is 0 Å². The van der Waals surface area contributed by atoms with Crippen molar-refractivity contribution in [3.05, 3.63) is 0 Å². The third-order valence-electron chi connectivity index (χ3n) is 4.08. The molecule has 0 saturated heterocycles. The second kappa shape index (κ2) is 12.4. The zero-order valence-electron chi connectivity index (χ0n) is 14.6. The Bertz CT molecular complexity index is 308. The van der Waals surface area contributed by atoms with Gasteiger partial charge in [0.05, 0.1) is 19.8 Å². The van der Waals surface area contributed by atoms with Gasteiger partial charge in [0, 0.05) is 27.2 Å². The Morgan fingerprint density at radius 3 is 2.41 bits per heavy atom. The lowest BCUT2D eigenvalue weighted by molar-refractivity contribution is 0.0732. The quantitative estimate of drug-likeness (QED) is 0.244. The summed E-state index contributed by atoms with van der Waals surface area (Å²) in [5.41, 5.74) is 0.487. The summed E-state index contributed by atoms with van der Waals surface area (Å²) >= 11 is 0. The molecule has 1 rings (SSSR count). The van der Waals surface area contributed by atoms with Crippen molar-refractivity contribution >= 4 is 29.9 Å². The van der Waals surface area contributed by atoms with E-state index >= 15 is 0 Å². The Hall–Kier alpha value is -0.0800. The van der Waals surface area contributed by atoms with Gasteiger partial charge in [-0.25, -0.2) is 0 Å². The maximum atomic E-state index is 5.43. The van der Waals surface area contributed by atoms with Crippen molar-refractivity contribution in [3.8, 4) is 0 Å². The van der Waals surface area contributed by atoms with E-state index in [1.54, 1.807) is 7.11 Å². The first kappa shape index (κ1) is 21.9. The molecule has 0 heterocycles. The Morgan fingerprint density at radius 2 is 1.91 bits per heavy atom. The SMILES string of the molecule is CN=C(NCCOCCOC)NCC1(CC(C)C)CCC1.I. The van der Waals surface area contributed by atoms with Gasteiger partial charge in [-0.05, 0) is 30.6 Å². The number of halogens is 1. The molecule has 0 aromatic carbocycles. The first-order chi connectivity index (χ1) is 10.1. The number of nitrogens with zero attached hydrogens (tertiary/aromatic N) is 1. The van der Waals surface area contributed by atoms with Crippen LogP contribution in [0.15, 0.2) is 4.99 Å². The number of nitrogens with one attached hydrogen (secondary N) is 2. The Kier molecular flexibility index (Phi) is 12.3. The summed E-state index contributed by atoms with van der Waals surface area (Å²) in [5.74, 6) is 1.64. The minimum Gasteiger partial charge on any atom is -0.382 e. The number of hydrogen-bond donors (Lipinski definition) is 2. The van der Waals surface area contributed by atoms with E-state index in [0.29, 0.717) is 25.2 Å². The fraction of sp³-hybridized carbons (Fsp3) is 0.938. The topological polar surface area (TPSA) is 54.9 Å². The van der Waals surface area contributed by atoms with Crippen molar-refractivity contribution in [2.75, 3.05) is 47.1 Å². The van der Waals surface area contributed by atoms with Gasteiger partial charge in [-0.3, -0.25) is 4.99 Å². The summed E-state index contributed by atoms with van der Waals surface area (Å²) in [6, 6.07) is 0. The Morgan fingerprint density at radius 1 is 1.18 bits per heavy atom. The maximum Gasteiger partial charge on any atom is 0.191 e. The zero-order chi connectivity index (χ0) is 15.6. The highest BCUT2D eigenvalue weighted by atomic mass is 127. The van der Waals surface area contributed by atoms with E-state index in [2.05, 4.69) is 29.5 Å². The second-order valence-electron chi connectivity index (χ2n) is 6.41. The van der Waals surface area contributed by atoms with Gasteiger partial charge in [0.25, 0.3) is 0 Å². The average Bonchev–Trinajstić information content (AvgIpc) is 2.42. The number of rotatable bonds is 10. The molecule has 0 radical (unpaired) electrons. The molecule has 0 bridgehead atoms. The highest BCUT2D eigenvalue weighted by Crippen LogP contribution is 2.45. The van der Waals surface area contributed by atoms with Crippen molar-refractivity contribution in [3.63, 3.8) is 0 Å². The van der Waals surface area contributed by atoms with Crippen molar-refractivity contribution in [1.82, 2.24) is 10.6 Å². The molecule has 1 fully saturated rings.